The zero-order chi connectivity index (χ0) is 21.6. The molecular formula is C24H49NO4. The van der Waals surface area contributed by atoms with Crippen molar-refractivity contribution >= 4 is 5.91 Å². The molecule has 1 amide bonds. The number of aliphatic hydroxyl groups is 3. The summed E-state index contributed by atoms with van der Waals surface area (Å²) in [5, 5.41) is 31.2. The number of carbonyl (C=O) groups excluding carboxylic acids is 1. The first-order chi connectivity index (χ1) is 14.1. The summed E-state index contributed by atoms with van der Waals surface area (Å²) in [6.07, 6.45) is 18.4. The summed E-state index contributed by atoms with van der Waals surface area (Å²) in [7, 11) is 0. The molecule has 0 aromatic heterocycles. The van der Waals surface area contributed by atoms with E-state index < -0.39 is 12.3 Å². The molecule has 5 nitrogen and oxygen atoms in total. The van der Waals surface area contributed by atoms with E-state index in [0.717, 1.165) is 57.8 Å². The van der Waals surface area contributed by atoms with E-state index in [9.17, 15) is 15.0 Å². The maximum atomic E-state index is 11.9. The highest BCUT2D eigenvalue weighted by atomic mass is 16.3. The van der Waals surface area contributed by atoms with Crippen molar-refractivity contribution in [2.75, 3.05) is 6.61 Å². The third-order valence-electron chi connectivity index (χ3n) is 5.53. The molecule has 1 unspecified atom stereocenters. The Hall–Kier alpha value is -0.650. The van der Waals surface area contributed by atoms with Crippen molar-refractivity contribution in [3.63, 3.8) is 0 Å². The Morgan fingerprint density at radius 3 is 1.66 bits per heavy atom. The largest absolute Gasteiger partial charge is 0.396 e. The molecule has 4 N–H and O–H groups in total. The van der Waals surface area contributed by atoms with E-state index in [1.165, 1.54) is 44.9 Å². The van der Waals surface area contributed by atoms with Gasteiger partial charge in [-0.1, -0.05) is 96.8 Å². The number of hydrogen-bond donors (Lipinski definition) is 4. The van der Waals surface area contributed by atoms with Crippen LogP contribution >= 0.6 is 0 Å². The van der Waals surface area contributed by atoms with E-state index in [1.807, 2.05) is 0 Å². The lowest BCUT2D eigenvalue weighted by atomic mass is 10.0. The molecule has 0 radical (unpaired) electrons. The van der Waals surface area contributed by atoms with Crippen molar-refractivity contribution in [3.8, 4) is 0 Å². The number of hydrogen-bond acceptors (Lipinski definition) is 4. The number of rotatable bonds is 22. The van der Waals surface area contributed by atoms with Gasteiger partial charge in [-0.05, 0) is 25.7 Å². The van der Waals surface area contributed by atoms with Gasteiger partial charge in [0.25, 0.3) is 0 Å². The molecule has 0 aliphatic heterocycles. The van der Waals surface area contributed by atoms with Crippen molar-refractivity contribution in [3.05, 3.63) is 0 Å². The SMILES string of the molecule is CCCCCCCCCCCC(O)CC(=O)N[C@H](O)CCCCCCCCCO. The zero-order valence-electron chi connectivity index (χ0n) is 19.0. The highest BCUT2D eigenvalue weighted by molar-refractivity contribution is 5.76. The average Bonchev–Trinajstić information content (AvgIpc) is 2.68. The van der Waals surface area contributed by atoms with Crippen molar-refractivity contribution in [1.82, 2.24) is 5.32 Å². The lowest BCUT2D eigenvalue weighted by Gasteiger charge is -2.15. The predicted octanol–water partition coefficient (Wildman–Crippen LogP) is 5.21. The molecule has 29 heavy (non-hydrogen) atoms. The Labute approximate surface area is 179 Å². The average molecular weight is 416 g/mol. The van der Waals surface area contributed by atoms with Gasteiger partial charge in [0.1, 0.15) is 6.23 Å². The minimum atomic E-state index is -0.809. The number of amides is 1. The van der Waals surface area contributed by atoms with Crippen LogP contribution in [0.4, 0.5) is 0 Å². The van der Waals surface area contributed by atoms with Gasteiger partial charge in [0.2, 0.25) is 5.91 Å². The third kappa shape index (κ3) is 21.9. The van der Waals surface area contributed by atoms with Gasteiger partial charge in [-0.2, -0.15) is 0 Å². The summed E-state index contributed by atoms with van der Waals surface area (Å²) in [5.41, 5.74) is 0. The van der Waals surface area contributed by atoms with Crippen LogP contribution in [0.5, 0.6) is 0 Å². The quantitative estimate of drug-likeness (QED) is 0.144. The smallest absolute Gasteiger partial charge is 0.224 e. The minimum absolute atomic E-state index is 0.0823. The molecule has 0 aromatic rings. The topological polar surface area (TPSA) is 89.8 Å². The van der Waals surface area contributed by atoms with Crippen molar-refractivity contribution < 1.29 is 20.1 Å². The monoisotopic (exact) mass is 415 g/mol. The summed E-state index contributed by atoms with van der Waals surface area (Å²) >= 11 is 0. The fourth-order valence-electron chi connectivity index (χ4n) is 3.66. The van der Waals surface area contributed by atoms with Crippen LogP contribution in [0.15, 0.2) is 0 Å². The number of aliphatic hydroxyl groups excluding tert-OH is 3. The van der Waals surface area contributed by atoms with E-state index >= 15 is 0 Å². The summed E-state index contributed by atoms with van der Waals surface area (Å²) in [5.74, 6) is -0.259. The standard InChI is InChI=1S/C24H49NO4/c1-2-3-4-5-6-7-9-12-15-18-22(27)21-24(29)25-23(28)19-16-13-10-8-11-14-17-20-26/h22-23,26-28H,2-21H2,1H3,(H,25,29)/t22?,23-/m1/s1. The first-order valence-corrected chi connectivity index (χ1v) is 12.4. The second kappa shape index (κ2) is 22.0. The summed E-state index contributed by atoms with van der Waals surface area (Å²) in [4.78, 5) is 11.9. The van der Waals surface area contributed by atoms with Crippen LogP contribution < -0.4 is 5.32 Å². The molecular weight excluding hydrogens is 366 g/mol. The molecule has 5 heteroatoms. The molecule has 0 fully saturated rings. The summed E-state index contributed by atoms with van der Waals surface area (Å²) < 4.78 is 0. The van der Waals surface area contributed by atoms with E-state index in [-0.39, 0.29) is 18.9 Å². The molecule has 174 valence electrons. The molecule has 0 aromatic carbocycles. The van der Waals surface area contributed by atoms with Crippen LogP contribution in [0, 0.1) is 0 Å². The van der Waals surface area contributed by atoms with E-state index in [4.69, 9.17) is 5.11 Å². The lowest BCUT2D eigenvalue weighted by molar-refractivity contribution is -0.126. The number of carbonyl (C=O) groups is 1. The fourth-order valence-corrected chi connectivity index (χ4v) is 3.66. The Bertz CT molecular complexity index is 352. The minimum Gasteiger partial charge on any atom is -0.396 e. The van der Waals surface area contributed by atoms with Crippen LogP contribution in [-0.2, 0) is 4.79 Å². The van der Waals surface area contributed by atoms with Crippen LogP contribution in [0.25, 0.3) is 0 Å². The van der Waals surface area contributed by atoms with Gasteiger partial charge in [-0.3, -0.25) is 4.79 Å². The maximum Gasteiger partial charge on any atom is 0.224 e. The molecule has 0 aliphatic rings. The van der Waals surface area contributed by atoms with E-state index in [1.54, 1.807) is 0 Å². The van der Waals surface area contributed by atoms with Gasteiger partial charge in [0.15, 0.2) is 0 Å². The Morgan fingerprint density at radius 2 is 1.14 bits per heavy atom. The first-order valence-electron chi connectivity index (χ1n) is 12.4. The predicted molar refractivity (Wildman–Crippen MR) is 121 cm³/mol. The highest BCUT2D eigenvalue weighted by Crippen LogP contribution is 2.13. The van der Waals surface area contributed by atoms with Crippen LogP contribution in [0.2, 0.25) is 0 Å². The maximum absolute atomic E-state index is 11.9. The zero-order valence-corrected chi connectivity index (χ0v) is 19.0. The van der Waals surface area contributed by atoms with E-state index in [2.05, 4.69) is 12.2 Å². The molecule has 0 saturated carbocycles. The fraction of sp³-hybridized carbons (Fsp3) is 0.958. The second-order valence-corrected chi connectivity index (χ2v) is 8.55. The molecule has 0 bridgehead atoms. The Balaban J connectivity index is 3.48. The third-order valence-corrected chi connectivity index (χ3v) is 5.53. The van der Waals surface area contributed by atoms with Crippen LogP contribution in [0.1, 0.15) is 129 Å². The number of unbranched alkanes of at least 4 members (excludes halogenated alkanes) is 14. The van der Waals surface area contributed by atoms with Gasteiger partial charge < -0.3 is 20.6 Å². The second-order valence-electron chi connectivity index (χ2n) is 8.55. The van der Waals surface area contributed by atoms with Gasteiger partial charge in [0.05, 0.1) is 12.5 Å². The van der Waals surface area contributed by atoms with Crippen molar-refractivity contribution in [2.24, 2.45) is 0 Å². The summed E-state index contributed by atoms with van der Waals surface area (Å²) in [6.45, 7) is 2.51. The Kier molecular flexibility index (Phi) is 21.6. The first kappa shape index (κ1) is 28.4. The van der Waals surface area contributed by atoms with Crippen molar-refractivity contribution in [2.45, 2.75) is 141 Å². The van der Waals surface area contributed by atoms with Gasteiger partial charge in [-0.25, -0.2) is 0 Å². The van der Waals surface area contributed by atoms with Crippen LogP contribution in [0.3, 0.4) is 0 Å². The van der Waals surface area contributed by atoms with Crippen LogP contribution in [-0.4, -0.2) is 40.2 Å². The molecule has 0 rings (SSSR count). The Morgan fingerprint density at radius 1 is 0.690 bits per heavy atom. The highest BCUT2D eigenvalue weighted by Gasteiger charge is 2.13. The number of nitrogens with one attached hydrogen (secondary N) is 1. The molecule has 0 heterocycles. The van der Waals surface area contributed by atoms with Crippen molar-refractivity contribution in [1.29, 1.82) is 0 Å². The van der Waals surface area contributed by atoms with Gasteiger partial charge in [0, 0.05) is 6.61 Å². The molecule has 0 saturated heterocycles. The molecule has 0 spiro atoms. The molecule has 2 atom stereocenters. The van der Waals surface area contributed by atoms with Gasteiger partial charge >= 0.3 is 0 Å². The summed E-state index contributed by atoms with van der Waals surface area (Å²) in [6, 6.07) is 0. The van der Waals surface area contributed by atoms with E-state index in [0.29, 0.717) is 12.8 Å². The normalized spacial score (nSPS) is 13.4. The van der Waals surface area contributed by atoms with Gasteiger partial charge in [-0.15, -0.1) is 0 Å². The molecule has 0 aliphatic carbocycles. The lowest BCUT2D eigenvalue weighted by Crippen LogP contribution is -2.36.